The van der Waals surface area contributed by atoms with Gasteiger partial charge in [-0.15, -0.1) is 0 Å². The summed E-state index contributed by atoms with van der Waals surface area (Å²) in [5, 5.41) is 4.17. The molecule has 19 heavy (non-hydrogen) atoms. The number of nitrogen functional groups attached to an aromatic ring is 1. The van der Waals surface area contributed by atoms with Crippen molar-refractivity contribution >= 4 is 34.6 Å². The molecule has 1 heterocycles. The van der Waals surface area contributed by atoms with Crippen LogP contribution in [0.4, 0.5) is 11.7 Å². The summed E-state index contributed by atoms with van der Waals surface area (Å²) in [4.78, 5) is 4.45. The molecule has 3 N–H and O–H groups in total. The van der Waals surface area contributed by atoms with Crippen LogP contribution in [0.2, 0.25) is 0 Å². The molecule has 1 fully saturated rings. The minimum atomic E-state index is 0.459. The van der Waals surface area contributed by atoms with Crippen LogP contribution in [0.1, 0.15) is 25.7 Å². The molecule has 1 aromatic carbocycles. The molecule has 2 atom stereocenters. The van der Waals surface area contributed by atoms with Gasteiger partial charge in [0.1, 0.15) is 5.52 Å². The third kappa shape index (κ3) is 2.66. The van der Waals surface area contributed by atoms with Crippen molar-refractivity contribution in [3.05, 3.63) is 18.2 Å². The summed E-state index contributed by atoms with van der Waals surface area (Å²) in [5.74, 6) is 0. The second kappa shape index (κ2) is 5.33. The Labute approximate surface area is 117 Å². The van der Waals surface area contributed by atoms with E-state index in [-0.39, 0.29) is 0 Å². The van der Waals surface area contributed by atoms with Crippen LogP contribution in [0.3, 0.4) is 0 Å². The predicted octanol–water partition coefficient (Wildman–Crippen LogP) is 3.50. The summed E-state index contributed by atoms with van der Waals surface area (Å²) in [6.45, 7) is 0. The number of hydrogen-bond acceptors (Lipinski definition) is 5. The normalized spacial score (nSPS) is 23.6. The van der Waals surface area contributed by atoms with Gasteiger partial charge in [-0.05, 0) is 37.7 Å². The summed E-state index contributed by atoms with van der Waals surface area (Å²) >= 11 is 1.96. The average molecular weight is 277 g/mol. The average Bonchev–Trinajstić information content (AvgIpc) is 2.83. The first-order chi connectivity index (χ1) is 9.26. The smallest absolute Gasteiger partial charge is 0.295 e. The number of anilines is 2. The van der Waals surface area contributed by atoms with Gasteiger partial charge in [0.25, 0.3) is 6.01 Å². The highest BCUT2D eigenvalue weighted by molar-refractivity contribution is 7.99. The molecule has 2 aromatic rings. The van der Waals surface area contributed by atoms with Crippen molar-refractivity contribution in [3.63, 3.8) is 0 Å². The SMILES string of the molecule is CSC1CCCC(Nc2nc3c(N)cccc3o2)C1. The van der Waals surface area contributed by atoms with Crippen molar-refractivity contribution in [3.8, 4) is 0 Å². The van der Waals surface area contributed by atoms with Crippen LogP contribution >= 0.6 is 11.8 Å². The van der Waals surface area contributed by atoms with Crippen molar-refractivity contribution < 1.29 is 4.42 Å². The molecule has 5 heteroatoms. The van der Waals surface area contributed by atoms with E-state index in [4.69, 9.17) is 10.2 Å². The van der Waals surface area contributed by atoms with E-state index in [0.717, 1.165) is 16.3 Å². The molecule has 4 nitrogen and oxygen atoms in total. The number of nitrogens with two attached hydrogens (primary N) is 1. The molecule has 0 spiro atoms. The molecule has 3 rings (SSSR count). The number of fused-ring (bicyclic) bond motifs is 1. The Balaban J connectivity index is 1.76. The molecular weight excluding hydrogens is 258 g/mol. The van der Waals surface area contributed by atoms with Crippen molar-refractivity contribution in [2.45, 2.75) is 37.0 Å². The van der Waals surface area contributed by atoms with E-state index in [0.29, 0.717) is 17.7 Å². The number of benzene rings is 1. The van der Waals surface area contributed by atoms with Gasteiger partial charge in [-0.1, -0.05) is 12.5 Å². The van der Waals surface area contributed by atoms with Gasteiger partial charge in [0, 0.05) is 11.3 Å². The maximum Gasteiger partial charge on any atom is 0.295 e. The first-order valence-electron chi connectivity index (χ1n) is 6.70. The van der Waals surface area contributed by atoms with Gasteiger partial charge in [-0.3, -0.25) is 0 Å². The monoisotopic (exact) mass is 277 g/mol. The van der Waals surface area contributed by atoms with Gasteiger partial charge >= 0.3 is 0 Å². The molecule has 2 unspecified atom stereocenters. The highest BCUT2D eigenvalue weighted by Gasteiger charge is 2.22. The lowest BCUT2D eigenvalue weighted by molar-refractivity contribution is 0.461. The fourth-order valence-corrected chi connectivity index (χ4v) is 3.52. The molecule has 0 aliphatic heterocycles. The van der Waals surface area contributed by atoms with Crippen LogP contribution in [-0.4, -0.2) is 22.5 Å². The summed E-state index contributed by atoms with van der Waals surface area (Å²) in [6.07, 6.45) is 7.14. The largest absolute Gasteiger partial charge is 0.423 e. The first kappa shape index (κ1) is 12.7. The fraction of sp³-hybridized carbons (Fsp3) is 0.500. The highest BCUT2D eigenvalue weighted by atomic mass is 32.2. The Morgan fingerprint density at radius 2 is 2.32 bits per heavy atom. The zero-order valence-electron chi connectivity index (χ0n) is 11.1. The molecule has 0 bridgehead atoms. The van der Waals surface area contributed by atoms with Crippen LogP contribution in [-0.2, 0) is 0 Å². The van der Waals surface area contributed by atoms with Crippen LogP contribution in [0.15, 0.2) is 22.6 Å². The minimum Gasteiger partial charge on any atom is -0.423 e. The Morgan fingerprint density at radius 1 is 1.42 bits per heavy atom. The van der Waals surface area contributed by atoms with E-state index in [1.54, 1.807) is 0 Å². The second-order valence-corrected chi connectivity index (χ2v) is 6.22. The van der Waals surface area contributed by atoms with E-state index in [1.807, 2.05) is 30.0 Å². The number of aromatic nitrogens is 1. The van der Waals surface area contributed by atoms with Crippen LogP contribution in [0.5, 0.6) is 0 Å². The number of para-hydroxylation sites is 1. The third-order valence-electron chi connectivity index (χ3n) is 3.74. The molecule has 1 aliphatic rings. The maximum atomic E-state index is 5.89. The summed E-state index contributed by atoms with van der Waals surface area (Å²) in [7, 11) is 0. The van der Waals surface area contributed by atoms with E-state index < -0.39 is 0 Å². The Kier molecular flexibility index (Phi) is 3.55. The molecular formula is C14H19N3OS. The van der Waals surface area contributed by atoms with Crippen molar-refractivity contribution in [1.29, 1.82) is 0 Å². The molecule has 1 aromatic heterocycles. The molecule has 1 aliphatic carbocycles. The van der Waals surface area contributed by atoms with Gasteiger partial charge in [0.05, 0.1) is 5.69 Å². The number of oxazole rings is 1. The lowest BCUT2D eigenvalue weighted by atomic mass is 9.95. The summed E-state index contributed by atoms with van der Waals surface area (Å²) in [5.41, 5.74) is 8.06. The minimum absolute atomic E-state index is 0.459. The first-order valence-corrected chi connectivity index (χ1v) is 7.99. The highest BCUT2D eigenvalue weighted by Crippen LogP contribution is 2.30. The van der Waals surface area contributed by atoms with Crippen LogP contribution in [0, 0.1) is 0 Å². The van der Waals surface area contributed by atoms with Gasteiger partial charge in [-0.25, -0.2) is 0 Å². The maximum absolute atomic E-state index is 5.89. The topological polar surface area (TPSA) is 64.1 Å². The lowest BCUT2D eigenvalue weighted by Gasteiger charge is -2.27. The predicted molar refractivity (Wildman–Crippen MR) is 81.6 cm³/mol. The fourth-order valence-electron chi connectivity index (χ4n) is 2.70. The number of nitrogens with one attached hydrogen (secondary N) is 1. The van der Waals surface area contributed by atoms with Gasteiger partial charge in [0.2, 0.25) is 0 Å². The lowest BCUT2D eigenvalue weighted by Crippen LogP contribution is -2.28. The quantitative estimate of drug-likeness (QED) is 0.841. The van der Waals surface area contributed by atoms with Crippen LogP contribution in [0.25, 0.3) is 11.1 Å². The van der Waals surface area contributed by atoms with Crippen molar-refractivity contribution in [2.75, 3.05) is 17.3 Å². The summed E-state index contributed by atoms with van der Waals surface area (Å²) < 4.78 is 5.71. The van der Waals surface area contributed by atoms with Gasteiger partial charge in [0.15, 0.2) is 5.58 Å². The molecule has 0 saturated heterocycles. The Morgan fingerprint density at radius 3 is 3.11 bits per heavy atom. The molecule has 0 radical (unpaired) electrons. The van der Waals surface area contributed by atoms with Crippen LogP contribution < -0.4 is 11.1 Å². The van der Waals surface area contributed by atoms with E-state index in [9.17, 15) is 0 Å². The van der Waals surface area contributed by atoms with Gasteiger partial charge < -0.3 is 15.5 Å². The zero-order chi connectivity index (χ0) is 13.2. The number of thioether (sulfide) groups is 1. The number of hydrogen-bond donors (Lipinski definition) is 2. The Hall–Kier alpha value is -1.36. The van der Waals surface area contributed by atoms with Crippen molar-refractivity contribution in [2.24, 2.45) is 0 Å². The molecule has 102 valence electrons. The molecule has 0 amide bonds. The molecule has 1 saturated carbocycles. The number of rotatable bonds is 3. The van der Waals surface area contributed by atoms with E-state index >= 15 is 0 Å². The third-order valence-corrected chi connectivity index (χ3v) is 4.83. The zero-order valence-corrected chi connectivity index (χ0v) is 11.9. The second-order valence-electron chi connectivity index (χ2n) is 5.08. The standard InChI is InChI=1S/C14H19N3OS/c1-19-10-5-2-4-9(8-10)16-14-17-13-11(15)6-3-7-12(13)18-14/h3,6-7,9-10H,2,4-5,8,15H2,1H3,(H,16,17). The summed E-state index contributed by atoms with van der Waals surface area (Å²) in [6, 6.07) is 6.69. The Bertz CT molecular complexity index is 569. The number of nitrogens with zero attached hydrogens (tertiary/aromatic N) is 1. The van der Waals surface area contributed by atoms with E-state index in [2.05, 4.69) is 16.6 Å². The van der Waals surface area contributed by atoms with E-state index in [1.165, 1.54) is 25.7 Å². The van der Waals surface area contributed by atoms with Crippen molar-refractivity contribution in [1.82, 2.24) is 4.98 Å². The van der Waals surface area contributed by atoms with Gasteiger partial charge in [-0.2, -0.15) is 16.7 Å².